The van der Waals surface area contributed by atoms with Gasteiger partial charge in [0.1, 0.15) is 5.82 Å². The molecule has 0 bridgehead atoms. The molecule has 2 heterocycles. The molecule has 7 heteroatoms. The molecule has 2 aliphatic heterocycles. The minimum atomic E-state index is -0.328. The highest BCUT2D eigenvalue weighted by Gasteiger charge is 2.34. The smallest absolute Gasteiger partial charge is 0.225 e. The van der Waals surface area contributed by atoms with Gasteiger partial charge in [0.25, 0.3) is 0 Å². The molecule has 2 atom stereocenters. The van der Waals surface area contributed by atoms with Crippen LogP contribution in [0.15, 0.2) is 24.3 Å². The van der Waals surface area contributed by atoms with E-state index in [1.54, 1.807) is 23.1 Å². The maximum absolute atomic E-state index is 13.8. The van der Waals surface area contributed by atoms with Gasteiger partial charge in [-0.05, 0) is 25.0 Å². The summed E-state index contributed by atoms with van der Waals surface area (Å²) in [4.78, 5) is 28.8. The van der Waals surface area contributed by atoms with E-state index >= 15 is 0 Å². The standard InChI is InChI=1S/C20H28FN3O3/c1-15(12-16-4-2-3-5-18(16)21)22-20(26)17-13-19(25)24(14-17)7-6-23-8-10-27-11-9-23/h2-5,15,17H,6-14H2,1H3,(H,22,26). The summed E-state index contributed by atoms with van der Waals surface area (Å²) >= 11 is 0. The second-order valence-electron chi connectivity index (χ2n) is 7.40. The van der Waals surface area contributed by atoms with Crippen LogP contribution in [-0.2, 0) is 20.7 Å². The molecule has 0 spiro atoms. The van der Waals surface area contributed by atoms with Crippen molar-refractivity contribution in [3.05, 3.63) is 35.6 Å². The molecule has 0 saturated carbocycles. The van der Waals surface area contributed by atoms with Crippen LogP contribution in [0, 0.1) is 11.7 Å². The van der Waals surface area contributed by atoms with Crippen LogP contribution in [0.25, 0.3) is 0 Å². The maximum Gasteiger partial charge on any atom is 0.225 e. The van der Waals surface area contributed by atoms with E-state index in [9.17, 15) is 14.0 Å². The zero-order valence-electron chi connectivity index (χ0n) is 15.8. The molecule has 2 fully saturated rings. The molecule has 27 heavy (non-hydrogen) atoms. The number of halogens is 1. The number of hydrogen-bond acceptors (Lipinski definition) is 4. The van der Waals surface area contributed by atoms with E-state index in [2.05, 4.69) is 10.2 Å². The number of carbonyl (C=O) groups excluding carboxylic acids is 2. The molecule has 0 aromatic heterocycles. The monoisotopic (exact) mass is 377 g/mol. The third-order valence-corrected chi connectivity index (χ3v) is 5.25. The average Bonchev–Trinajstić information content (AvgIpc) is 3.04. The molecular formula is C20H28FN3O3. The number of ether oxygens (including phenoxy) is 1. The van der Waals surface area contributed by atoms with Crippen molar-refractivity contribution in [2.24, 2.45) is 5.92 Å². The normalized spacial score (nSPS) is 22.1. The van der Waals surface area contributed by atoms with Gasteiger partial charge in [-0.25, -0.2) is 4.39 Å². The van der Waals surface area contributed by atoms with Crippen molar-refractivity contribution in [3.8, 4) is 0 Å². The average molecular weight is 377 g/mol. The highest BCUT2D eigenvalue weighted by molar-refractivity contribution is 5.89. The summed E-state index contributed by atoms with van der Waals surface area (Å²) in [6, 6.07) is 6.40. The predicted octanol–water partition coefficient (Wildman–Crippen LogP) is 1.05. The Balaban J connectivity index is 1.44. The molecular weight excluding hydrogens is 349 g/mol. The minimum absolute atomic E-state index is 0.0326. The highest BCUT2D eigenvalue weighted by Crippen LogP contribution is 2.18. The number of amides is 2. The second-order valence-corrected chi connectivity index (χ2v) is 7.40. The molecule has 2 unspecified atom stereocenters. The van der Waals surface area contributed by atoms with Gasteiger partial charge in [-0.1, -0.05) is 18.2 Å². The van der Waals surface area contributed by atoms with Gasteiger partial charge in [0.2, 0.25) is 11.8 Å². The van der Waals surface area contributed by atoms with E-state index in [1.807, 2.05) is 6.92 Å². The van der Waals surface area contributed by atoms with E-state index in [0.29, 0.717) is 25.1 Å². The van der Waals surface area contributed by atoms with Crippen LogP contribution in [0.4, 0.5) is 4.39 Å². The molecule has 0 radical (unpaired) electrons. The number of carbonyl (C=O) groups is 2. The van der Waals surface area contributed by atoms with Crippen LogP contribution in [0.3, 0.4) is 0 Å². The molecule has 148 valence electrons. The molecule has 3 rings (SSSR count). The van der Waals surface area contributed by atoms with Gasteiger partial charge in [-0.2, -0.15) is 0 Å². The van der Waals surface area contributed by atoms with E-state index in [4.69, 9.17) is 4.74 Å². The summed E-state index contributed by atoms with van der Waals surface area (Å²) < 4.78 is 19.1. The van der Waals surface area contributed by atoms with E-state index in [1.165, 1.54) is 6.07 Å². The first kappa shape index (κ1) is 19.8. The third-order valence-electron chi connectivity index (χ3n) is 5.25. The Morgan fingerprint density at radius 3 is 2.78 bits per heavy atom. The number of nitrogens with zero attached hydrogens (tertiary/aromatic N) is 2. The van der Waals surface area contributed by atoms with Gasteiger partial charge in [0.05, 0.1) is 19.1 Å². The van der Waals surface area contributed by atoms with Crippen molar-refractivity contribution in [3.63, 3.8) is 0 Å². The first-order chi connectivity index (χ1) is 13.0. The van der Waals surface area contributed by atoms with E-state index < -0.39 is 0 Å². The Hall–Kier alpha value is -1.99. The molecule has 2 aliphatic rings. The molecule has 0 aliphatic carbocycles. The van der Waals surface area contributed by atoms with Crippen LogP contribution in [0.2, 0.25) is 0 Å². The Kier molecular flexibility index (Phi) is 6.79. The number of rotatable bonds is 7. The minimum Gasteiger partial charge on any atom is -0.379 e. The number of likely N-dealkylation sites (tertiary alicyclic amines) is 1. The lowest BCUT2D eigenvalue weighted by Gasteiger charge is -2.28. The summed E-state index contributed by atoms with van der Waals surface area (Å²) in [5.41, 5.74) is 0.583. The topological polar surface area (TPSA) is 61.9 Å². The largest absolute Gasteiger partial charge is 0.379 e. The fraction of sp³-hybridized carbons (Fsp3) is 0.600. The molecule has 2 saturated heterocycles. The number of nitrogens with one attached hydrogen (secondary N) is 1. The van der Waals surface area contributed by atoms with Crippen molar-refractivity contribution in [1.29, 1.82) is 0 Å². The quantitative estimate of drug-likeness (QED) is 0.772. The number of morpholine rings is 1. The maximum atomic E-state index is 13.8. The van der Waals surface area contributed by atoms with E-state index in [0.717, 1.165) is 32.8 Å². The fourth-order valence-corrected chi connectivity index (χ4v) is 3.66. The van der Waals surface area contributed by atoms with Crippen molar-refractivity contribution >= 4 is 11.8 Å². The molecule has 1 N–H and O–H groups in total. The molecule has 6 nitrogen and oxygen atoms in total. The molecule has 1 aromatic rings. The zero-order chi connectivity index (χ0) is 19.2. The summed E-state index contributed by atoms with van der Waals surface area (Å²) in [5, 5.41) is 2.93. The van der Waals surface area contributed by atoms with Crippen LogP contribution in [-0.4, -0.2) is 73.6 Å². The molecule has 2 amide bonds. The van der Waals surface area contributed by atoms with E-state index in [-0.39, 0.29) is 36.0 Å². The lowest BCUT2D eigenvalue weighted by atomic mass is 10.0. The fourth-order valence-electron chi connectivity index (χ4n) is 3.66. The van der Waals surface area contributed by atoms with Crippen LogP contribution in [0.1, 0.15) is 18.9 Å². The number of benzene rings is 1. The van der Waals surface area contributed by atoms with Crippen molar-refractivity contribution < 1.29 is 18.7 Å². The lowest BCUT2D eigenvalue weighted by Crippen LogP contribution is -2.42. The predicted molar refractivity (Wildman–Crippen MR) is 99.7 cm³/mol. The van der Waals surface area contributed by atoms with Crippen molar-refractivity contribution in [2.75, 3.05) is 45.9 Å². The lowest BCUT2D eigenvalue weighted by molar-refractivity contribution is -0.129. The first-order valence-corrected chi connectivity index (χ1v) is 9.64. The summed E-state index contributed by atoms with van der Waals surface area (Å²) in [6.07, 6.45) is 0.682. The summed E-state index contributed by atoms with van der Waals surface area (Å²) in [5.74, 6) is -0.680. The van der Waals surface area contributed by atoms with Crippen molar-refractivity contribution in [2.45, 2.75) is 25.8 Å². The first-order valence-electron chi connectivity index (χ1n) is 9.64. The zero-order valence-corrected chi connectivity index (χ0v) is 15.8. The number of hydrogen-bond donors (Lipinski definition) is 1. The second kappa shape index (κ2) is 9.28. The SMILES string of the molecule is CC(Cc1ccccc1F)NC(=O)C1CC(=O)N(CCN2CCOCC2)C1. The Bertz CT molecular complexity index is 664. The highest BCUT2D eigenvalue weighted by atomic mass is 19.1. The van der Waals surface area contributed by atoms with Gasteiger partial charge in [0, 0.05) is 45.2 Å². The van der Waals surface area contributed by atoms with Crippen LogP contribution < -0.4 is 5.32 Å². The van der Waals surface area contributed by atoms with Crippen LogP contribution in [0.5, 0.6) is 0 Å². The van der Waals surface area contributed by atoms with Gasteiger partial charge in [-0.3, -0.25) is 14.5 Å². The van der Waals surface area contributed by atoms with Gasteiger partial charge in [0.15, 0.2) is 0 Å². The summed E-state index contributed by atoms with van der Waals surface area (Å²) in [7, 11) is 0. The Morgan fingerprint density at radius 2 is 2.04 bits per heavy atom. The Morgan fingerprint density at radius 1 is 1.30 bits per heavy atom. The van der Waals surface area contributed by atoms with Gasteiger partial charge >= 0.3 is 0 Å². The molecule has 1 aromatic carbocycles. The van der Waals surface area contributed by atoms with Gasteiger partial charge in [-0.15, -0.1) is 0 Å². The van der Waals surface area contributed by atoms with Crippen molar-refractivity contribution in [1.82, 2.24) is 15.1 Å². The Labute approximate surface area is 159 Å². The third kappa shape index (κ3) is 5.49. The van der Waals surface area contributed by atoms with Gasteiger partial charge < -0.3 is 15.0 Å². The summed E-state index contributed by atoms with van der Waals surface area (Å²) in [6.45, 7) is 7.02. The van der Waals surface area contributed by atoms with Crippen LogP contribution >= 0.6 is 0 Å².